The summed E-state index contributed by atoms with van der Waals surface area (Å²) >= 11 is 0. The lowest BCUT2D eigenvalue weighted by atomic mass is 10.0. The van der Waals surface area contributed by atoms with Crippen molar-refractivity contribution in [3.63, 3.8) is 0 Å². The second-order valence-electron chi connectivity index (χ2n) is 8.38. The summed E-state index contributed by atoms with van der Waals surface area (Å²) in [5.41, 5.74) is -3.17. The highest BCUT2D eigenvalue weighted by molar-refractivity contribution is 6.11. The van der Waals surface area contributed by atoms with E-state index < -0.39 is 40.9 Å². The van der Waals surface area contributed by atoms with E-state index in [-0.39, 0.29) is 17.3 Å². The Bertz CT molecular complexity index is 1470. The second kappa shape index (κ2) is 10.2. The minimum atomic E-state index is -5.09. The average Bonchev–Trinajstić information content (AvgIpc) is 2.88. The van der Waals surface area contributed by atoms with Gasteiger partial charge in [-0.2, -0.15) is 26.3 Å². The lowest BCUT2D eigenvalue weighted by Gasteiger charge is -2.23. The molecule has 0 fully saturated rings. The van der Waals surface area contributed by atoms with Gasteiger partial charge < -0.3 is 10.2 Å². The summed E-state index contributed by atoms with van der Waals surface area (Å²) in [4.78, 5) is 27.6. The molecule has 4 rings (SSSR count). The molecular formula is C28H20F6N2O2. The van der Waals surface area contributed by atoms with Crippen molar-refractivity contribution in [1.82, 2.24) is 0 Å². The summed E-state index contributed by atoms with van der Waals surface area (Å²) in [6, 6.07) is 19.3. The van der Waals surface area contributed by atoms with Crippen LogP contribution in [-0.4, -0.2) is 18.4 Å². The summed E-state index contributed by atoms with van der Waals surface area (Å²) in [6.07, 6.45) is -10.2. The number of benzene rings is 4. The Labute approximate surface area is 213 Å². The van der Waals surface area contributed by atoms with E-state index in [0.29, 0.717) is 24.4 Å². The number of nitrogens with zero attached hydrogens (tertiary/aromatic N) is 1. The fourth-order valence-corrected chi connectivity index (χ4v) is 4.04. The monoisotopic (exact) mass is 530 g/mol. The molecule has 1 N–H and O–H groups in total. The molecule has 0 bridgehead atoms. The molecule has 196 valence electrons. The van der Waals surface area contributed by atoms with Crippen molar-refractivity contribution >= 4 is 34.0 Å². The standard InChI is InChI=1S/C28H20F6N2O2/c1-2-36(24-12-6-8-17-7-3-4-11-23(17)24)26(38)18-9-5-10-22(15-18)35-25(37)19-13-20(27(29,30)31)16-21(14-19)28(32,33)34/h3-16H,2H2,1H3,(H,35,37). The van der Waals surface area contributed by atoms with E-state index in [1.54, 1.807) is 13.0 Å². The van der Waals surface area contributed by atoms with Crippen LogP contribution in [0, 0.1) is 0 Å². The van der Waals surface area contributed by atoms with Gasteiger partial charge in [0.25, 0.3) is 11.8 Å². The minimum Gasteiger partial charge on any atom is -0.322 e. The van der Waals surface area contributed by atoms with Gasteiger partial charge in [0, 0.05) is 28.7 Å². The Morgan fingerprint density at radius 3 is 1.97 bits per heavy atom. The van der Waals surface area contributed by atoms with Crippen LogP contribution in [0.2, 0.25) is 0 Å². The van der Waals surface area contributed by atoms with Crippen molar-refractivity contribution < 1.29 is 35.9 Å². The first-order valence-corrected chi connectivity index (χ1v) is 11.4. The van der Waals surface area contributed by atoms with Crippen molar-refractivity contribution in [1.29, 1.82) is 0 Å². The van der Waals surface area contributed by atoms with Gasteiger partial charge in [0.1, 0.15) is 0 Å². The summed E-state index contributed by atoms with van der Waals surface area (Å²) < 4.78 is 79.0. The van der Waals surface area contributed by atoms with Crippen LogP contribution < -0.4 is 10.2 Å². The number of anilines is 2. The molecule has 0 aliphatic heterocycles. The molecule has 0 aliphatic carbocycles. The number of rotatable bonds is 5. The predicted octanol–water partition coefficient (Wildman–Crippen LogP) is 7.80. The maximum absolute atomic E-state index is 13.4. The Morgan fingerprint density at radius 1 is 0.737 bits per heavy atom. The third kappa shape index (κ3) is 5.64. The zero-order valence-corrected chi connectivity index (χ0v) is 19.8. The van der Waals surface area contributed by atoms with Gasteiger partial charge in [-0.25, -0.2) is 0 Å². The lowest BCUT2D eigenvalue weighted by Crippen LogP contribution is -2.30. The molecule has 0 radical (unpaired) electrons. The zero-order valence-electron chi connectivity index (χ0n) is 19.8. The van der Waals surface area contributed by atoms with E-state index in [1.807, 2.05) is 36.4 Å². The predicted molar refractivity (Wildman–Crippen MR) is 132 cm³/mol. The Balaban J connectivity index is 1.64. The molecule has 2 amide bonds. The van der Waals surface area contributed by atoms with Crippen LogP contribution in [0.5, 0.6) is 0 Å². The van der Waals surface area contributed by atoms with Crippen molar-refractivity contribution in [3.8, 4) is 0 Å². The smallest absolute Gasteiger partial charge is 0.322 e. The summed E-state index contributed by atoms with van der Waals surface area (Å²) in [5, 5.41) is 4.07. The second-order valence-corrected chi connectivity index (χ2v) is 8.38. The van der Waals surface area contributed by atoms with E-state index in [1.165, 1.54) is 29.2 Å². The molecule has 0 spiro atoms. The number of carbonyl (C=O) groups excluding carboxylic acids is 2. The maximum atomic E-state index is 13.4. The van der Waals surface area contributed by atoms with Gasteiger partial charge in [-0.05, 0) is 54.8 Å². The molecule has 0 saturated carbocycles. The minimum absolute atomic E-state index is 0.0285. The molecule has 10 heteroatoms. The van der Waals surface area contributed by atoms with Gasteiger partial charge in [0.15, 0.2) is 0 Å². The van der Waals surface area contributed by atoms with Crippen LogP contribution in [-0.2, 0) is 12.4 Å². The first kappa shape index (κ1) is 26.7. The molecule has 0 unspecified atom stereocenters. The van der Waals surface area contributed by atoms with Gasteiger partial charge in [-0.3, -0.25) is 9.59 Å². The van der Waals surface area contributed by atoms with Crippen molar-refractivity contribution in [2.75, 3.05) is 16.8 Å². The quantitative estimate of drug-likeness (QED) is 0.268. The number of alkyl halides is 6. The largest absolute Gasteiger partial charge is 0.416 e. The lowest BCUT2D eigenvalue weighted by molar-refractivity contribution is -0.143. The highest BCUT2D eigenvalue weighted by Gasteiger charge is 2.37. The number of halogens is 6. The fourth-order valence-electron chi connectivity index (χ4n) is 4.04. The van der Waals surface area contributed by atoms with Gasteiger partial charge in [0.2, 0.25) is 0 Å². The SMILES string of the molecule is CCN(C(=O)c1cccc(NC(=O)c2cc(C(F)(F)F)cc(C(F)(F)F)c2)c1)c1cccc2ccccc12. The Hall–Kier alpha value is -4.34. The molecular weight excluding hydrogens is 510 g/mol. The molecule has 38 heavy (non-hydrogen) atoms. The molecule has 4 aromatic rings. The third-order valence-corrected chi connectivity index (χ3v) is 5.84. The van der Waals surface area contributed by atoms with Crippen LogP contribution in [0.15, 0.2) is 84.9 Å². The average molecular weight is 530 g/mol. The van der Waals surface area contributed by atoms with Gasteiger partial charge in [0.05, 0.1) is 16.8 Å². The van der Waals surface area contributed by atoms with Crippen LogP contribution in [0.3, 0.4) is 0 Å². The molecule has 4 nitrogen and oxygen atoms in total. The van der Waals surface area contributed by atoms with Crippen LogP contribution in [0.25, 0.3) is 10.8 Å². The van der Waals surface area contributed by atoms with E-state index in [0.717, 1.165) is 10.8 Å². The van der Waals surface area contributed by atoms with E-state index >= 15 is 0 Å². The number of nitrogens with one attached hydrogen (secondary N) is 1. The van der Waals surface area contributed by atoms with E-state index in [9.17, 15) is 35.9 Å². The number of amides is 2. The van der Waals surface area contributed by atoms with E-state index in [2.05, 4.69) is 5.32 Å². The molecule has 0 heterocycles. The van der Waals surface area contributed by atoms with Crippen molar-refractivity contribution in [3.05, 3.63) is 107 Å². The van der Waals surface area contributed by atoms with Gasteiger partial charge in [-0.15, -0.1) is 0 Å². The summed E-state index contributed by atoms with van der Waals surface area (Å²) in [6.45, 7) is 2.10. The number of hydrogen-bond donors (Lipinski definition) is 1. The van der Waals surface area contributed by atoms with Crippen molar-refractivity contribution in [2.45, 2.75) is 19.3 Å². The highest BCUT2D eigenvalue weighted by atomic mass is 19.4. The Morgan fingerprint density at radius 2 is 1.34 bits per heavy atom. The third-order valence-electron chi connectivity index (χ3n) is 5.84. The number of carbonyl (C=O) groups is 2. The molecule has 0 aliphatic rings. The van der Waals surface area contributed by atoms with E-state index in [4.69, 9.17) is 0 Å². The fraction of sp³-hybridized carbons (Fsp3) is 0.143. The van der Waals surface area contributed by atoms with Crippen LogP contribution in [0.1, 0.15) is 38.8 Å². The first-order valence-electron chi connectivity index (χ1n) is 11.4. The zero-order chi connectivity index (χ0) is 27.7. The summed E-state index contributed by atoms with van der Waals surface area (Å²) in [7, 11) is 0. The number of hydrogen-bond acceptors (Lipinski definition) is 2. The van der Waals surface area contributed by atoms with Crippen molar-refractivity contribution in [2.24, 2.45) is 0 Å². The maximum Gasteiger partial charge on any atom is 0.416 e. The number of fused-ring (bicyclic) bond motifs is 1. The summed E-state index contributed by atoms with van der Waals surface area (Å²) in [5.74, 6) is -1.59. The highest BCUT2D eigenvalue weighted by Crippen LogP contribution is 2.36. The first-order chi connectivity index (χ1) is 17.9. The van der Waals surface area contributed by atoms with Crippen LogP contribution >= 0.6 is 0 Å². The molecule has 0 saturated heterocycles. The van der Waals surface area contributed by atoms with Gasteiger partial charge in [-0.1, -0.05) is 42.5 Å². The molecule has 4 aromatic carbocycles. The normalized spacial score (nSPS) is 11.9. The topological polar surface area (TPSA) is 49.4 Å². The molecule has 0 aromatic heterocycles. The van der Waals surface area contributed by atoms with Crippen LogP contribution in [0.4, 0.5) is 37.7 Å². The Kier molecular flexibility index (Phi) is 7.17. The van der Waals surface area contributed by atoms with Gasteiger partial charge >= 0.3 is 12.4 Å². The molecule has 0 atom stereocenters.